The molecule has 0 amide bonds. The van der Waals surface area contributed by atoms with E-state index in [1.165, 1.54) is 16.8 Å². The molecule has 1 aromatic rings. The number of carboxylic acid groups (broad SMARTS) is 1. The summed E-state index contributed by atoms with van der Waals surface area (Å²) in [5.41, 5.74) is 3.79. The molecule has 0 atom stereocenters. The molecule has 0 aliphatic heterocycles. The third-order valence-corrected chi connectivity index (χ3v) is 4.30. The Labute approximate surface area is 115 Å². The molecule has 3 heteroatoms. The Morgan fingerprint density at radius 2 is 1.89 bits per heavy atom. The van der Waals surface area contributed by atoms with E-state index in [1.807, 2.05) is 0 Å². The first-order valence-corrected chi connectivity index (χ1v) is 7.10. The molecule has 1 aliphatic rings. The monoisotopic (exact) mass is 261 g/mol. The highest BCUT2D eigenvalue weighted by atomic mass is 16.4. The van der Waals surface area contributed by atoms with Crippen molar-refractivity contribution in [3.63, 3.8) is 0 Å². The van der Waals surface area contributed by atoms with Crippen LogP contribution in [0.1, 0.15) is 36.8 Å². The lowest BCUT2D eigenvalue weighted by Crippen LogP contribution is -2.25. The second-order valence-corrected chi connectivity index (χ2v) is 5.74. The summed E-state index contributed by atoms with van der Waals surface area (Å²) in [7, 11) is 0. The molecule has 2 N–H and O–H groups in total. The third kappa shape index (κ3) is 3.72. The van der Waals surface area contributed by atoms with Crippen molar-refractivity contribution in [3.05, 3.63) is 29.3 Å². The first-order chi connectivity index (χ1) is 9.06. The minimum atomic E-state index is -0.624. The zero-order chi connectivity index (χ0) is 13.8. The number of aryl methyl sites for hydroxylation is 2. The topological polar surface area (TPSA) is 49.3 Å². The summed E-state index contributed by atoms with van der Waals surface area (Å²) >= 11 is 0. The summed E-state index contributed by atoms with van der Waals surface area (Å²) in [4.78, 5) is 10.9. The molecule has 1 aliphatic carbocycles. The summed E-state index contributed by atoms with van der Waals surface area (Å²) in [6.07, 6.45) is 3.70. The minimum absolute atomic E-state index is 0.113. The van der Waals surface area contributed by atoms with Crippen molar-refractivity contribution in [1.29, 1.82) is 0 Å². The number of aliphatic carboxylic acids is 1. The maximum absolute atomic E-state index is 10.9. The predicted octanol–water partition coefficient (Wildman–Crippen LogP) is 3.61. The van der Waals surface area contributed by atoms with Gasteiger partial charge in [0.25, 0.3) is 0 Å². The van der Waals surface area contributed by atoms with Crippen molar-refractivity contribution in [3.8, 4) is 0 Å². The van der Waals surface area contributed by atoms with Gasteiger partial charge in [0.05, 0.1) is 5.92 Å². The zero-order valence-corrected chi connectivity index (χ0v) is 11.8. The van der Waals surface area contributed by atoms with E-state index < -0.39 is 5.97 Å². The van der Waals surface area contributed by atoms with Crippen LogP contribution >= 0.6 is 0 Å². The lowest BCUT2D eigenvalue weighted by molar-refractivity contribution is -0.143. The molecule has 0 bridgehead atoms. The Bertz CT molecular complexity index is 448. The molecule has 1 fully saturated rings. The van der Waals surface area contributed by atoms with Crippen LogP contribution in [-0.2, 0) is 4.79 Å². The van der Waals surface area contributed by atoms with E-state index in [1.54, 1.807) is 0 Å². The summed E-state index contributed by atoms with van der Waals surface area (Å²) in [5.74, 6) is -0.129. The van der Waals surface area contributed by atoms with E-state index in [0.29, 0.717) is 5.92 Å². The van der Waals surface area contributed by atoms with Crippen LogP contribution in [0.25, 0.3) is 0 Å². The molecule has 1 aromatic carbocycles. The fraction of sp³-hybridized carbons (Fsp3) is 0.562. The normalized spacial score (nSPS) is 23.1. The second kappa shape index (κ2) is 6.09. The number of rotatable bonds is 4. The van der Waals surface area contributed by atoms with Crippen molar-refractivity contribution in [2.45, 2.75) is 39.5 Å². The highest BCUT2D eigenvalue weighted by Gasteiger charge is 2.25. The molecule has 0 unspecified atom stereocenters. The SMILES string of the molecule is Cc1ccc(NCC2CCC(C(=O)O)CC2)cc1C. The van der Waals surface area contributed by atoms with Crippen molar-refractivity contribution in [2.75, 3.05) is 11.9 Å². The van der Waals surface area contributed by atoms with E-state index in [2.05, 4.69) is 37.4 Å². The minimum Gasteiger partial charge on any atom is -0.481 e. The highest BCUT2D eigenvalue weighted by molar-refractivity contribution is 5.70. The maximum atomic E-state index is 10.9. The molecule has 3 nitrogen and oxygen atoms in total. The summed E-state index contributed by atoms with van der Waals surface area (Å²) < 4.78 is 0. The number of hydrogen-bond acceptors (Lipinski definition) is 2. The Hall–Kier alpha value is -1.51. The maximum Gasteiger partial charge on any atom is 0.306 e. The number of carboxylic acids is 1. The van der Waals surface area contributed by atoms with E-state index >= 15 is 0 Å². The standard InChI is InChI=1S/C16H23NO2/c1-11-3-8-15(9-12(11)2)17-10-13-4-6-14(7-5-13)16(18)19/h3,8-9,13-14,17H,4-7,10H2,1-2H3,(H,18,19). The molecule has 0 spiro atoms. The molecule has 0 aromatic heterocycles. The average molecular weight is 261 g/mol. The van der Waals surface area contributed by atoms with Crippen molar-refractivity contribution < 1.29 is 9.90 Å². The van der Waals surface area contributed by atoms with Gasteiger partial charge in [0.15, 0.2) is 0 Å². The highest BCUT2D eigenvalue weighted by Crippen LogP contribution is 2.29. The van der Waals surface area contributed by atoms with Crippen LogP contribution in [0.2, 0.25) is 0 Å². The molecule has 2 rings (SSSR count). The van der Waals surface area contributed by atoms with Gasteiger partial charge in [-0.25, -0.2) is 0 Å². The van der Waals surface area contributed by atoms with Crippen LogP contribution in [0, 0.1) is 25.7 Å². The number of anilines is 1. The third-order valence-electron chi connectivity index (χ3n) is 4.30. The molecule has 0 saturated heterocycles. The molecular weight excluding hydrogens is 238 g/mol. The quantitative estimate of drug-likeness (QED) is 0.870. The van der Waals surface area contributed by atoms with Gasteiger partial charge in [-0.05, 0) is 68.7 Å². The number of hydrogen-bond donors (Lipinski definition) is 2. The Balaban J connectivity index is 1.80. The summed E-state index contributed by atoms with van der Waals surface area (Å²) in [6.45, 7) is 5.19. The van der Waals surface area contributed by atoms with Crippen LogP contribution in [0.15, 0.2) is 18.2 Å². The first-order valence-electron chi connectivity index (χ1n) is 7.10. The number of nitrogens with one attached hydrogen (secondary N) is 1. The predicted molar refractivity (Wildman–Crippen MR) is 77.5 cm³/mol. The smallest absolute Gasteiger partial charge is 0.306 e. The Kier molecular flexibility index (Phi) is 4.46. The molecule has 0 radical (unpaired) electrons. The van der Waals surface area contributed by atoms with Gasteiger partial charge >= 0.3 is 5.97 Å². The largest absolute Gasteiger partial charge is 0.481 e. The lowest BCUT2D eigenvalue weighted by atomic mass is 9.82. The van der Waals surface area contributed by atoms with Crippen LogP contribution in [0.4, 0.5) is 5.69 Å². The van der Waals surface area contributed by atoms with E-state index in [9.17, 15) is 4.79 Å². The van der Waals surface area contributed by atoms with Gasteiger partial charge in [-0.1, -0.05) is 6.07 Å². The van der Waals surface area contributed by atoms with Crippen LogP contribution in [0.3, 0.4) is 0 Å². The van der Waals surface area contributed by atoms with Crippen molar-refractivity contribution >= 4 is 11.7 Å². The van der Waals surface area contributed by atoms with Crippen LogP contribution in [0.5, 0.6) is 0 Å². The first kappa shape index (κ1) is 13.9. The van der Waals surface area contributed by atoms with Gasteiger partial charge in [0.2, 0.25) is 0 Å². The molecule has 1 saturated carbocycles. The van der Waals surface area contributed by atoms with Gasteiger partial charge < -0.3 is 10.4 Å². The Morgan fingerprint density at radius 1 is 1.21 bits per heavy atom. The Morgan fingerprint density at radius 3 is 2.47 bits per heavy atom. The van der Waals surface area contributed by atoms with E-state index in [4.69, 9.17) is 5.11 Å². The molecule has 19 heavy (non-hydrogen) atoms. The fourth-order valence-electron chi connectivity index (χ4n) is 2.73. The van der Waals surface area contributed by atoms with Gasteiger partial charge in [-0.3, -0.25) is 4.79 Å². The lowest BCUT2D eigenvalue weighted by Gasteiger charge is -2.26. The number of carbonyl (C=O) groups is 1. The van der Waals surface area contributed by atoms with Crippen molar-refractivity contribution in [1.82, 2.24) is 0 Å². The van der Waals surface area contributed by atoms with E-state index in [0.717, 1.165) is 32.2 Å². The van der Waals surface area contributed by atoms with Gasteiger partial charge in [-0.15, -0.1) is 0 Å². The van der Waals surface area contributed by atoms with Gasteiger partial charge in [-0.2, -0.15) is 0 Å². The average Bonchev–Trinajstić information content (AvgIpc) is 2.40. The fourth-order valence-corrected chi connectivity index (χ4v) is 2.73. The van der Waals surface area contributed by atoms with Crippen molar-refractivity contribution in [2.24, 2.45) is 11.8 Å². The van der Waals surface area contributed by atoms with E-state index in [-0.39, 0.29) is 5.92 Å². The van der Waals surface area contributed by atoms with Gasteiger partial charge in [0, 0.05) is 12.2 Å². The van der Waals surface area contributed by atoms with Crippen LogP contribution in [-0.4, -0.2) is 17.6 Å². The van der Waals surface area contributed by atoms with Crippen LogP contribution < -0.4 is 5.32 Å². The number of benzene rings is 1. The molecule has 0 heterocycles. The second-order valence-electron chi connectivity index (χ2n) is 5.74. The summed E-state index contributed by atoms with van der Waals surface area (Å²) in [5, 5.41) is 12.5. The van der Waals surface area contributed by atoms with Gasteiger partial charge in [0.1, 0.15) is 0 Å². The zero-order valence-electron chi connectivity index (χ0n) is 11.8. The molecule has 104 valence electrons. The molecular formula is C16H23NO2. The summed E-state index contributed by atoms with van der Waals surface area (Å²) in [6, 6.07) is 6.43.